The van der Waals surface area contributed by atoms with E-state index in [0.29, 0.717) is 5.82 Å². The molecule has 6 heteroatoms. The van der Waals surface area contributed by atoms with Gasteiger partial charge in [0.25, 0.3) is 5.56 Å². The molecule has 0 amide bonds. The van der Waals surface area contributed by atoms with Crippen LogP contribution in [0, 0.1) is 0 Å². The Bertz CT molecular complexity index is 380. The van der Waals surface area contributed by atoms with Crippen LogP contribution in [0.25, 0.3) is 0 Å². The summed E-state index contributed by atoms with van der Waals surface area (Å²) in [6.07, 6.45) is 1.37. The van der Waals surface area contributed by atoms with Gasteiger partial charge in [-0.3, -0.25) is 4.79 Å². The Hall–Kier alpha value is -0.550. The highest BCUT2D eigenvalue weighted by molar-refractivity contribution is 9.09. The van der Waals surface area contributed by atoms with E-state index < -0.39 is 0 Å². The Morgan fingerprint density at radius 1 is 1.67 bits per heavy atom. The van der Waals surface area contributed by atoms with E-state index in [1.54, 1.807) is 0 Å². The van der Waals surface area contributed by atoms with Crippen LogP contribution in [0.15, 0.2) is 11.1 Å². The van der Waals surface area contributed by atoms with Crippen LogP contribution in [0.4, 0.5) is 5.82 Å². The standard InChI is InChI=1S/C9H13BrClN3O/c1-6(2)14(4-3-10)8-7(11)9(15)13-5-12-8/h5-6H,3-4H2,1-2H3,(H,12,13,15). The van der Waals surface area contributed by atoms with Gasteiger partial charge in [0.1, 0.15) is 5.02 Å². The van der Waals surface area contributed by atoms with Crippen LogP contribution >= 0.6 is 27.5 Å². The van der Waals surface area contributed by atoms with Gasteiger partial charge in [-0.2, -0.15) is 0 Å². The molecule has 0 atom stereocenters. The summed E-state index contributed by atoms with van der Waals surface area (Å²) in [6, 6.07) is 0.245. The predicted molar refractivity (Wildman–Crippen MR) is 66.1 cm³/mol. The highest BCUT2D eigenvalue weighted by Gasteiger charge is 2.16. The van der Waals surface area contributed by atoms with Gasteiger partial charge >= 0.3 is 0 Å². The van der Waals surface area contributed by atoms with Gasteiger partial charge in [-0.1, -0.05) is 27.5 Å². The first kappa shape index (κ1) is 12.5. The van der Waals surface area contributed by atoms with Crippen LogP contribution in [0.3, 0.4) is 0 Å². The molecule has 0 aromatic carbocycles. The third-order valence-corrected chi connectivity index (χ3v) is 2.69. The number of nitrogens with one attached hydrogen (secondary N) is 1. The molecule has 0 radical (unpaired) electrons. The van der Waals surface area contributed by atoms with E-state index in [4.69, 9.17) is 11.6 Å². The lowest BCUT2D eigenvalue weighted by Crippen LogP contribution is -2.34. The second-order valence-electron chi connectivity index (χ2n) is 3.35. The summed E-state index contributed by atoms with van der Waals surface area (Å²) in [5.74, 6) is 0.537. The lowest BCUT2D eigenvalue weighted by molar-refractivity contribution is 0.695. The average Bonchev–Trinajstić information content (AvgIpc) is 2.19. The van der Waals surface area contributed by atoms with E-state index in [-0.39, 0.29) is 16.6 Å². The lowest BCUT2D eigenvalue weighted by atomic mass is 10.3. The minimum Gasteiger partial charge on any atom is -0.352 e. The van der Waals surface area contributed by atoms with Crippen molar-refractivity contribution in [1.82, 2.24) is 9.97 Å². The molecule has 0 bridgehead atoms. The maximum atomic E-state index is 11.3. The fourth-order valence-corrected chi connectivity index (χ4v) is 1.87. The number of alkyl halides is 1. The molecule has 84 valence electrons. The van der Waals surface area contributed by atoms with E-state index >= 15 is 0 Å². The number of hydrogen-bond donors (Lipinski definition) is 1. The van der Waals surface area contributed by atoms with Gasteiger partial charge in [-0.05, 0) is 13.8 Å². The Morgan fingerprint density at radius 2 is 2.33 bits per heavy atom. The van der Waals surface area contributed by atoms with Crippen LogP contribution in [-0.2, 0) is 0 Å². The first-order chi connectivity index (χ1) is 7.07. The quantitative estimate of drug-likeness (QED) is 0.865. The minimum atomic E-state index is -0.304. The number of rotatable bonds is 4. The van der Waals surface area contributed by atoms with Gasteiger partial charge in [0, 0.05) is 17.9 Å². The molecule has 1 N–H and O–H groups in total. The van der Waals surface area contributed by atoms with Crippen molar-refractivity contribution in [2.75, 3.05) is 16.8 Å². The first-order valence-corrected chi connectivity index (χ1v) is 6.13. The summed E-state index contributed by atoms with van der Waals surface area (Å²) in [4.78, 5) is 19.8. The summed E-state index contributed by atoms with van der Waals surface area (Å²) in [5, 5.41) is 0.947. The molecule has 1 heterocycles. The second kappa shape index (κ2) is 5.51. The molecule has 0 saturated carbocycles. The van der Waals surface area contributed by atoms with Crippen molar-refractivity contribution >= 4 is 33.3 Å². The van der Waals surface area contributed by atoms with E-state index in [9.17, 15) is 4.79 Å². The van der Waals surface area contributed by atoms with Crippen molar-refractivity contribution in [2.24, 2.45) is 0 Å². The number of nitrogens with zero attached hydrogens (tertiary/aromatic N) is 2. The molecule has 0 aliphatic heterocycles. The molecule has 0 aliphatic carbocycles. The van der Waals surface area contributed by atoms with Crippen molar-refractivity contribution in [1.29, 1.82) is 0 Å². The maximum Gasteiger partial charge on any atom is 0.271 e. The summed E-state index contributed by atoms with van der Waals surface area (Å²) in [6.45, 7) is 4.82. The van der Waals surface area contributed by atoms with Gasteiger partial charge in [0.15, 0.2) is 5.82 Å². The molecule has 1 aromatic rings. The SMILES string of the molecule is CC(C)N(CCBr)c1nc[nH]c(=O)c1Cl. The zero-order valence-corrected chi connectivity index (χ0v) is 11.0. The van der Waals surface area contributed by atoms with E-state index in [1.165, 1.54) is 6.33 Å². The minimum absolute atomic E-state index is 0.146. The van der Waals surface area contributed by atoms with Crippen LogP contribution in [-0.4, -0.2) is 27.9 Å². The van der Waals surface area contributed by atoms with Crippen LogP contribution < -0.4 is 10.5 Å². The van der Waals surface area contributed by atoms with Gasteiger partial charge in [-0.15, -0.1) is 0 Å². The number of hydrogen-bond acceptors (Lipinski definition) is 3. The molecule has 0 unspecified atom stereocenters. The number of H-pyrrole nitrogens is 1. The fourth-order valence-electron chi connectivity index (χ4n) is 1.27. The van der Waals surface area contributed by atoms with Gasteiger partial charge in [0.05, 0.1) is 6.33 Å². The van der Waals surface area contributed by atoms with Crippen molar-refractivity contribution in [3.05, 3.63) is 21.7 Å². The second-order valence-corrected chi connectivity index (χ2v) is 4.52. The van der Waals surface area contributed by atoms with Crippen molar-refractivity contribution < 1.29 is 0 Å². The Balaban J connectivity index is 3.11. The van der Waals surface area contributed by atoms with Crippen LogP contribution in [0.1, 0.15) is 13.8 Å². The molecule has 0 spiro atoms. The van der Waals surface area contributed by atoms with E-state index in [1.807, 2.05) is 18.7 Å². The van der Waals surface area contributed by atoms with Crippen molar-refractivity contribution in [2.45, 2.75) is 19.9 Å². The summed E-state index contributed by atoms with van der Waals surface area (Å²) < 4.78 is 0. The zero-order valence-electron chi connectivity index (χ0n) is 8.63. The number of anilines is 1. The Labute approximate surface area is 102 Å². The van der Waals surface area contributed by atoms with Crippen LogP contribution in [0.5, 0.6) is 0 Å². The normalized spacial score (nSPS) is 10.7. The summed E-state index contributed by atoms with van der Waals surface area (Å²) in [5.41, 5.74) is -0.304. The molecular weight excluding hydrogens is 281 g/mol. The molecule has 0 fully saturated rings. The molecule has 0 saturated heterocycles. The van der Waals surface area contributed by atoms with E-state index in [2.05, 4.69) is 25.9 Å². The predicted octanol–water partition coefficient (Wildman–Crippen LogP) is 2.03. The highest BCUT2D eigenvalue weighted by Crippen LogP contribution is 2.20. The molecule has 4 nitrogen and oxygen atoms in total. The fraction of sp³-hybridized carbons (Fsp3) is 0.556. The highest BCUT2D eigenvalue weighted by atomic mass is 79.9. The number of halogens is 2. The number of aromatic nitrogens is 2. The van der Waals surface area contributed by atoms with Gasteiger partial charge in [0.2, 0.25) is 0 Å². The first-order valence-electron chi connectivity index (χ1n) is 4.63. The third-order valence-electron chi connectivity index (χ3n) is 2.00. The van der Waals surface area contributed by atoms with Gasteiger partial charge < -0.3 is 9.88 Å². The van der Waals surface area contributed by atoms with Gasteiger partial charge in [-0.25, -0.2) is 4.98 Å². The zero-order chi connectivity index (χ0) is 11.4. The summed E-state index contributed by atoms with van der Waals surface area (Å²) >= 11 is 9.26. The Morgan fingerprint density at radius 3 is 2.87 bits per heavy atom. The molecule has 1 aromatic heterocycles. The topological polar surface area (TPSA) is 49.0 Å². The van der Waals surface area contributed by atoms with E-state index in [0.717, 1.165) is 11.9 Å². The Kier molecular flexibility index (Phi) is 4.60. The monoisotopic (exact) mass is 293 g/mol. The molecule has 0 aliphatic rings. The summed E-state index contributed by atoms with van der Waals surface area (Å²) in [7, 11) is 0. The van der Waals surface area contributed by atoms with Crippen molar-refractivity contribution in [3.8, 4) is 0 Å². The average molecular weight is 295 g/mol. The van der Waals surface area contributed by atoms with Crippen molar-refractivity contribution in [3.63, 3.8) is 0 Å². The lowest BCUT2D eigenvalue weighted by Gasteiger charge is -2.27. The number of aromatic amines is 1. The molecular formula is C9H13BrClN3O. The largest absolute Gasteiger partial charge is 0.352 e. The smallest absolute Gasteiger partial charge is 0.271 e. The molecule has 1 rings (SSSR count). The van der Waals surface area contributed by atoms with Crippen LogP contribution in [0.2, 0.25) is 5.02 Å². The molecule has 15 heavy (non-hydrogen) atoms. The maximum absolute atomic E-state index is 11.3. The third kappa shape index (κ3) is 2.95.